The van der Waals surface area contributed by atoms with Gasteiger partial charge in [0.25, 0.3) is 0 Å². The van der Waals surface area contributed by atoms with E-state index < -0.39 is 22.0 Å². The second kappa shape index (κ2) is 7.01. The number of aromatic amines is 1. The van der Waals surface area contributed by atoms with Crippen molar-refractivity contribution in [3.8, 4) is 0 Å². The molecule has 1 aromatic rings. The number of H-pyrrole nitrogens is 1. The summed E-state index contributed by atoms with van der Waals surface area (Å²) in [6, 6.07) is -0.984. The first-order chi connectivity index (χ1) is 10.00. The lowest BCUT2D eigenvalue weighted by atomic mass is 10.2. The third-order valence-electron chi connectivity index (χ3n) is 3.22. The number of imidazole rings is 1. The highest BCUT2D eigenvalue weighted by Crippen LogP contribution is 2.14. The molecule has 0 amide bonds. The minimum Gasteiger partial charge on any atom is -0.468 e. The van der Waals surface area contributed by atoms with Crippen molar-refractivity contribution in [2.24, 2.45) is 0 Å². The van der Waals surface area contributed by atoms with Crippen LogP contribution in [-0.4, -0.2) is 56.0 Å². The molecule has 2 rings (SSSR count). The summed E-state index contributed by atoms with van der Waals surface area (Å²) < 4.78 is 36.6. The quantitative estimate of drug-likeness (QED) is 0.662. The van der Waals surface area contributed by atoms with Gasteiger partial charge in [-0.05, 0) is 12.8 Å². The van der Waals surface area contributed by atoms with Crippen LogP contribution in [0.4, 0.5) is 0 Å². The van der Waals surface area contributed by atoms with E-state index in [4.69, 9.17) is 4.74 Å². The van der Waals surface area contributed by atoms with E-state index in [1.165, 1.54) is 19.6 Å². The third-order valence-corrected chi connectivity index (χ3v) is 4.67. The number of hydrogen-bond donors (Lipinski definition) is 2. The van der Waals surface area contributed by atoms with Crippen LogP contribution in [0.5, 0.6) is 0 Å². The number of carbonyl (C=O) groups is 1. The number of ether oxygens (including phenoxy) is 2. The topological polar surface area (TPSA) is 110 Å². The maximum absolute atomic E-state index is 12.1. The molecule has 0 bridgehead atoms. The van der Waals surface area contributed by atoms with Gasteiger partial charge < -0.3 is 14.5 Å². The molecule has 2 atom stereocenters. The van der Waals surface area contributed by atoms with Gasteiger partial charge in [-0.3, -0.25) is 4.79 Å². The number of aromatic nitrogens is 2. The molecular weight excluding hydrogens is 298 g/mol. The number of hydrogen-bond acceptors (Lipinski definition) is 6. The van der Waals surface area contributed by atoms with Crippen molar-refractivity contribution >= 4 is 16.0 Å². The van der Waals surface area contributed by atoms with Crippen molar-refractivity contribution in [2.75, 3.05) is 19.5 Å². The second-order valence-corrected chi connectivity index (χ2v) is 6.69. The van der Waals surface area contributed by atoms with Crippen LogP contribution in [-0.2, 0) is 30.7 Å². The smallest absolute Gasteiger partial charge is 0.324 e. The molecule has 0 aliphatic carbocycles. The second-order valence-electron chi connectivity index (χ2n) is 4.89. The summed E-state index contributed by atoms with van der Waals surface area (Å²) in [5.74, 6) is -0.788. The molecule has 1 unspecified atom stereocenters. The molecule has 1 aliphatic heterocycles. The van der Waals surface area contributed by atoms with Crippen LogP contribution in [0.15, 0.2) is 12.5 Å². The Morgan fingerprint density at radius 3 is 3.05 bits per heavy atom. The normalized spacial score (nSPS) is 20.3. The van der Waals surface area contributed by atoms with Crippen molar-refractivity contribution in [1.82, 2.24) is 14.7 Å². The van der Waals surface area contributed by atoms with E-state index in [9.17, 15) is 13.2 Å². The Morgan fingerprint density at radius 2 is 2.48 bits per heavy atom. The summed E-state index contributed by atoms with van der Waals surface area (Å²) in [4.78, 5) is 18.4. The fourth-order valence-electron chi connectivity index (χ4n) is 2.22. The van der Waals surface area contributed by atoms with Crippen LogP contribution in [0.25, 0.3) is 0 Å². The Kier molecular flexibility index (Phi) is 5.32. The Bertz CT molecular complexity index is 551. The lowest BCUT2D eigenvalue weighted by Gasteiger charge is -2.17. The molecule has 0 radical (unpaired) electrons. The van der Waals surface area contributed by atoms with Gasteiger partial charge in [0.05, 0.1) is 25.3 Å². The summed E-state index contributed by atoms with van der Waals surface area (Å²) in [5.41, 5.74) is 0.644. The molecule has 2 heterocycles. The van der Waals surface area contributed by atoms with Crippen molar-refractivity contribution in [1.29, 1.82) is 0 Å². The van der Waals surface area contributed by atoms with Gasteiger partial charge in [0.15, 0.2) is 0 Å². The Hall–Kier alpha value is -1.45. The van der Waals surface area contributed by atoms with Crippen molar-refractivity contribution < 1.29 is 22.7 Å². The molecule has 8 nitrogen and oxygen atoms in total. The zero-order chi connectivity index (χ0) is 15.3. The van der Waals surface area contributed by atoms with Gasteiger partial charge in [-0.1, -0.05) is 0 Å². The number of sulfonamides is 1. The zero-order valence-corrected chi connectivity index (χ0v) is 12.6. The number of methoxy groups -OCH3 is 1. The van der Waals surface area contributed by atoms with Gasteiger partial charge in [0.2, 0.25) is 10.0 Å². The predicted octanol–water partition coefficient (Wildman–Crippen LogP) is -0.408. The number of carbonyl (C=O) groups excluding carboxylic acids is 1. The number of nitrogens with zero attached hydrogens (tertiary/aromatic N) is 1. The molecule has 0 saturated carbocycles. The summed E-state index contributed by atoms with van der Waals surface area (Å²) in [5, 5.41) is 0. The average Bonchev–Trinajstić information content (AvgIpc) is 3.09. The molecule has 1 saturated heterocycles. The highest BCUT2D eigenvalue weighted by molar-refractivity contribution is 7.89. The molecular formula is C12H19N3O5S. The first kappa shape index (κ1) is 15.9. The van der Waals surface area contributed by atoms with E-state index in [-0.39, 0.29) is 18.3 Å². The molecule has 118 valence electrons. The summed E-state index contributed by atoms with van der Waals surface area (Å²) in [6.07, 6.45) is 4.40. The SMILES string of the molecule is COC(=O)[C@H](Cc1cnc[nH]1)NS(=O)(=O)CC1CCCO1. The van der Waals surface area contributed by atoms with Crippen LogP contribution >= 0.6 is 0 Å². The Balaban J connectivity index is 2.01. The predicted molar refractivity (Wildman–Crippen MR) is 74.0 cm³/mol. The van der Waals surface area contributed by atoms with E-state index in [0.29, 0.717) is 18.7 Å². The maximum Gasteiger partial charge on any atom is 0.324 e. The average molecular weight is 317 g/mol. The van der Waals surface area contributed by atoms with Crippen LogP contribution in [0, 0.1) is 0 Å². The van der Waals surface area contributed by atoms with Crippen LogP contribution in [0.3, 0.4) is 0 Å². The lowest BCUT2D eigenvalue weighted by molar-refractivity contribution is -0.142. The first-order valence-corrected chi connectivity index (χ1v) is 8.32. The van der Waals surface area contributed by atoms with E-state index in [1.54, 1.807) is 0 Å². The van der Waals surface area contributed by atoms with Crippen molar-refractivity contribution in [3.05, 3.63) is 18.2 Å². The van der Waals surface area contributed by atoms with Crippen molar-refractivity contribution in [2.45, 2.75) is 31.4 Å². The molecule has 0 spiro atoms. The Labute approximate surface area is 123 Å². The minimum atomic E-state index is -3.63. The van der Waals surface area contributed by atoms with Crippen molar-refractivity contribution in [3.63, 3.8) is 0 Å². The molecule has 9 heteroatoms. The maximum atomic E-state index is 12.1. The summed E-state index contributed by atoms with van der Waals surface area (Å²) in [6.45, 7) is 0.578. The van der Waals surface area contributed by atoms with Crippen LogP contribution in [0.2, 0.25) is 0 Å². The fraction of sp³-hybridized carbons (Fsp3) is 0.667. The monoisotopic (exact) mass is 317 g/mol. The number of nitrogens with one attached hydrogen (secondary N) is 2. The van der Waals surface area contributed by atoms with E-state index in [1.807, 2.05) is 0 Å². The molecule has 1 aromatic heterocycles. The van der Waals surface area contributed by atoms with Gasteiger partial charge in [0.1, 0.15) is 6.04 Å². The van der Waals surface area contributed by atoms with E-state index >= 15 is 0 Å². The van der Waals surface area contributed by atoms with Gasteiger partial charge in [-0.2, -0.15) is 0 Å². The summed E-state index contributed by atoms with van der Waals surface area (Å²) >= 11 is 0. The molecule has 21 heavy (non-hydrogen) atoms. The minimum absolute atomic E-state index is 0.149. The molecule has 0 aromatic carbocycles. The largest absolute Gasteiger partial charge is 0.468 e. The van der Waals surface area contributed by atoms with E-state index in [2.05, 4.69) is 19.4 Å². The lowest BCUT2D eigenvalue weighted by Crippen LogP contribution is -2.45. The van der Waals surface area contributed by atoms with Gasteiger partial charge in [0, 0.05) is 24.9 Å². The highest BCUT2D eigenvalue weighted by atomic mass is 32.2. The number of esters is 1. The highest BCUT2D eigenvalue weighted by Gasteiger charge is 2.29. The fourth-order valence-corrected chi connectivity index (χ4v) is 3.68. The standard InChI is InChI=1S/C12H19N3O5S/c1-19-12(16)11(5-9-6-13-8-14-9)15-21(17,18)7-10-3-2-4-20-10/h6,8,10-11,15H,2-5,7H2,1H3,(H,13,14)/t10?,11-/m0/s1. The molecule has 1 aliphatic rings. The van der Waals surface area contributed by atoms with Gasteiger partial charge in [-0.15, -0.1) is 0 Å². The number of rotatable bonds is 7. The molecule has 2 N–H and O–H groups in total. The molecule has 1 fully saturated rings. The zero-order valence-electron chi connectivity index (χ0n) is 11.7. The third kappa shape index (κ3) is 4.80. The van der Waals surface area contributed by atoms with Gasteiger partial charge >= 0.3 is 5.97 Å². The van der Waals surface area contributed by atoms with Crippen LogP contribution in [0.1, 0.15) is 18.5 Å². The van der Waals surface area contributed by atoms with Crippen LogP contribution < -0.4 is 4.72 Å². The van der Waals surface area contributed by atoms with E-state index in [0.717, 1.165) is 6.42 Å². The Morgan fingerprint density at radius 1 is 1.67 bits per heavy atom. The van der Waals surface area contributed by atoms with Gasteiger partial charge in [-0.25, -0.2) is 18.1 Å². The first-order valence-electron chi connectivity index (χ1n) is 6.67. The summed E-state index contributed by atoms with van der Waals surface area (Å²) in [7, 11) is -2.41.